The van der Waals surface area contributed by atoms with Crippen molar-refractivity contribution in [1.82, 2.24) is 4.98 Å². The minimum absolute atomic E-state index is 0.0310. The molecule has 2 N–H and O–H groups in total. The molecule has 142 valence electrons. The molecule has 0 radical (unpaired) electrons. The van der Waals surface area contributed by atoms with Crippen molar-refractivity contribution in [3.05, 3.63) is 59.1 Å². The molecule has 2 atom stereocenters. The molecule has 1 heterocycles. The van der Waals surface area contributed by atoms with Gasteiger partial charge in [0.25, 0.3) is 5.91 Å². The normalized spacial score (nSPS) is 14.1. The number of thiazole rings is 1. The number of hydrogen-bond acceptors (Lipinski definition) is 3. The van der Waals surface area contributed by atoms with Crippen molar-refractivity contribution < 1.29 is 22.9 Å². The summed E-state index contributed by atoms with van der Waals surface area (Å²) in [5.74, 6) is -0.475. The standard InChI is InChI=1S/C19H18F3N3OS/c1-12(18-24-15-9-5-6-10-16(15)27-18)25(2)11-17(26)23-14-8-4-3-7-13(14)19(20,21)22/h3-10,12H,11H2,1-2H3,(H,23,26)/p+1/t12-/m0/s1. The predicted octanol–water partition coefficient (Wildman–Crippen LogP) is 3.53. The molecule has 0 aliphatic heterocycles. The second-order valence-corrected chi connectivity index (χ2v) is 7.42. The number of alkyl halides is 3. The Hall–Kier alpha value is -2.45. The Morgan fingerprint density at radius 1 is 1.19 bits per heavy atom. The summed E-state index contributed by atoms with van der Waals surface area (Å²) < 4.78 is 40.2. The smallest absolute Gasteiger partial charge is 0.322 e. The highest BCUT2D eigenvalue weighted by atomic mass is 32.1. The van der Waals surface area contributed by atoms with Crippen LogP contribution in [0.5, 0.6) is 0 Å². The topological polar surface area (TPSA) is 46.4 Å². The summed E-state index contributed by atoms with van der Waals surface area (Å²) in [6.07, 6.45) is -4.52. The molecule has 0 bridgehead atoms. The molecule has 0 spiro atoms. The van der Waals surface area contributed by atoms with Gasteiger partial charge in [0, 0.05) is 0 Å². The van der Waals surface area contributed by atoms with E-state index in [0.29, 0.717) is 0 Å². The van der Waals surface area contributed by atoms with Gasteiger partial charge in [0.15, 0.2) is 11.6 Å². The lowest BCUT2D eigenvalue weighted by Crippen LogP contribution is -3.10. The third-order valence-electron chi connectivity index (χ3n) is 4.37. The van der Waals surface area contributed by atoms with Crippen LogP contribution in [0.4, 0.5) is 18.9 Å². The van der Waals surface area contributed by atoms with Gasteiger partial charge < -0.3 is 10.2 Å². The van der Waals surface area contributed by atoms with E-state index in [1.54, 1.807) is 11.3 Å². The lowest BCUT2D eigenvalue weighted by molar-refractivity contribution is -0.902. The van der Waals surface area contributed by atoms with E-state index < -0.39 is 17.6 Å². The summed E-state index contributed by atoms with van der Waals surface area (Å²) >= 11 is 1.56. The van der Waals surface area contributed by atoms with Crippen LogP contribution in [0.3, 0.4) is 0 Å². The average molecular weight is 394 g/mol. The number of nitrogens with one attached hydrogen (secondary N) is 2. The minimum atomic E-state index is -4.52. The van der Waals surface area contributed by atoms with E-state index in [0.717, 1.165) is 26.2 Å². The SMILES string of the molecule is C[C@@H](c1nc2ccccc2s1)[NH+](C)CC(=O)Nc1ccccc1C(F)(F)F. The summed E-state index contributed by atoms with van der Waals surface area (Å²) in [6.45, 7) is 1.98. The minimum Gasteiger partial charge on any atom is -0.322 e. The Labute approximate surface area is 158 Å². The number of aromatic nitrogens is 1. The van der Waals surface area contributed by atoms with Gasteiger partial charge in [-0.25, -0.2) is 4.98 Å². The summed E-state index contributed by atoms with van der Waals surface area (Å²) in [7, 11) is 1.83. The van der Waals surface area contributed by atoms with Gasteiger partial charge in [0.05, 0.1) is 28.5 Å². The first kappa shape index (κ1) is 19.3. The number of carbonyl (C=O) groups is 1. The van der Waals surface area contributed by atoms with E-state index in [-0.39, 0.29) is 18.3 Å². The molecular weight excluding hydrogens is 375 g/mol. The number of fused-ring (bicyclic) bond motifs is 1. The second kappa shape index (κ2) is 7.66. The fraction of sp³-hybridized carbons (Fsp3) is 0.263. The highest BCUT2D eigenvalue weighted by Crippen LogP contribution is 2.34. The molecular formula is C19H19F3N3OS+. The molecule has 0 aliphatic rings. The van der Waals surface area contributed by atoms with E-state index >= 15 is 0 Å². The summed E-state index contributed by atoms with van der Waals surface area (Å²) in [4.78, 5) is 17.7. The molecule has 8 heteroatoms. The van der Waals surface area contributed by atoms with Crippen LogP contribution < -0.4 is 10.2 Å². The maximum Gasteiger partial charge on any atom is 0.418 e. The van der Waals surface area contributed by atoms with Gasteiger partial charge in [0.1, 0.15) is 6.04 Å². The fourth-order valence-electron chi connectivity index (χ4n) is 2.73. The monoisotopic (exact) mass is 394 g/mol. The molecule has 0 aliphatic carbocycles. The van der Waals surface area contributed by atoms with Gasteiger partial charge in [0.2, 0.25) is 0 Å². The number of anilines is 1. The van der Waals surface area contributed by atoms with Crippen LogP contribution in [0.15, 0.2) is 48.5 Å². The number of rotatable bonds is 5. The average Bonchev–Trinajstić information content (AvgIpc) is 3.04. The maximum absolute atomic E-state index is 13.0. The van der Waals surface area contributed by atoms with Gasteiger partial charge in [-0.2, -0.15) is 13.2 Å². The fourth-order valence-corrected chi connectivity index (χ4v) is 3.84. The zero-order chi connectivity index (χ0) is 19.6. The Morgan fingerprint density at radius 2 is 1.85 bits per heavy atom. The first-order valence-corrected chi connectivity index (χ1v) is 9.21. The summed E-state index contributed by atoms with van der Waals surface area (Å²) in [5, 5.41) is 3.27. The van der Waals surface area contributed by atoms with Crippen LogP contribution in [0.2, 0.25) is 0 Å². The molecule has 3 aromatic rings. The van der Waals surface area contributed by atoms with Crippen LogP contribution in [0, 0.1) is 0 Å². The van der Waals surface area contributed by atoms with Crippen LogP contribution in [0.1, 0.15) is 23.5 Å². The molecule has 0 fully saturated rings. The summed E-state index contributed by atoms with van der Waals surface area (Å²) in [6, 6.07) is 12.7. The third kappa shape index (κ3) is 4.45. The van der Waals surface area contributed by atoms with E-state index in [9.17, 15) is 18.0 Å². The first-order valence-electron chi connectivity index (χ1n) is 8.39. The van der Waals surface area contributed by atoms with Crippen molar-refractivity contribution in [3.8, 4) is 0 Å². The van der Waals surface area contributed by atoms with Gasteiger partial charge in [-0.1, -0.05) is 24.3 Å². The molecule has 27 heavy (non-hydrogen) atoms. The van der Waals surface area contributed by atoms with Crippen LogP contribution >= 0.6 is 11.3 Å². The number of halogens is 3. The Kier molecular flexibility index (Phi) is 5.48. The Morgan fingerprint density at radius 3 is 2.56 bits per heavy atom. The largest absolute Gasteiger partial charge is 0.418 e. The molecule has 1 aromatic heterocycles. The van der Waals surface area contributed by atoms with E-state index in [4.69, 9.17) is 0 Å². The van der Waals surface area contributed by atoms with Gasteiger partial charge in [-0.3, -0.25) is 4.79 Å². The van der Waals surface area contributed by atoms with Crippen LogP contribution in [0.25, 0.3) is 10.2 Å². The van der Waals surface area contributed by atoms with E-state index in [1.807, 2.05) is 38.2 Å². The zero-order valence-corrected chi connectivity index (χ0v) is 15.6. The Bertz CT molecular complexity index is 922. The number of amides is 1. The van der Waals surface area contributed by atoms with Crippen molar-refractivity contribution in [2.75, 3.05) is 18.9 Å². The third-order valence-corrected chi connectivity index (χ3v) is 5.59. The second-order valence-electron chi connectivity index (χ2n) is 6.36. The molecule has 3 rings (SSSR count). The summed E-state index contributed by atoms with van der Waals surface area (Å²) in [5.41, 5.74) is -0.175. The van der Waals surface area contributed by atoms with Crippen molar-refractivity contribution in [3.63, 3.8) is 0 Å². The van der Waals surface area contributed by atoms with E-state index in [2.05, 4.69) is 10.3 Å². The van der Waals surface area contributed by atoms with Crippen LogP contribution in [-0.4, -0.2) is 24.5 Å². The number of hydrogen-bond donors (Lipinski definition) is 2. The lowest BCUT2D eigenvalue weighted by Gasteiger charge is -2.20. The van der Waals surface area contributed by atoms with E-state index in [1.165, 1.54) is 18.2 Å². The van der Waals surface area contributed by atoms with Gasteiger partial charge >= 0.3 is 6.18 Å². The van der Waals surface area contributed by atoms with Crippen LogP contribution in [-0.2, 0) is 11.0 Å². The molecule has 1 amide bonds. The predicted molar refractivity (Wildman–Crippen MR) is 99.9 cm³/mol. The van der Waals surface area contributed by atoms with Crippen molar-refractivity contribution in [2.45, 2.75) is 19.1 Å². The highest BCUT2D eigenvalue weighted by Gasteiger charge is 2.34. The highest BCUT2D eigenvalue weighted by molar-refractivity contribution is 7.18. The molecule has 0 saturated carbocycles. The van der Waals surface area contributed by atoms with Crippen molar-refractivity contribution >= 4 is 33.1 Å². The number of nitrogens with zero attached hydrogens (tertiary/aromatic N) is 1. The lowest BCUT2D eigenvalue weighted by atomic mass is 10.1. The molecule has 1 unspecified atom stereocenters. The van der Waals surface area contributed by atoms with Crippen molar-refractivity contribution in [2.24, 2.45) is 0 Å². The number of carbonyl (C=O) groups excluding carboxylic acids is 1. The molecule has 4 nitrogen and oxygen atoms in total. The number of likely N-dealkylation sites (N-methyl/N-ethyl adjacent to an activating group) is 1. The van der Waals surface area contributed by atoms with Gasteiger partial charge in [-0.15, -0.1) is 11.3 Å². The Balaban J connectivity index is 1.69. The number of benzene rings is 2. The molecule has 2 aromatic carbocycles. The quantitative estimate of drug-likeness (QED) is 0.696. The molecule has 0 saturated heterocycles. The first-order chi connectivity index (χ1) is 12.8. The van der Waals surface area contributed by atoms with Crippen molar-refractivity contribution in [1.29, 1.82) is 0 Å². The number of quaternary nitrogens is 1. The maximum atomic E-state index is 13.0. The van der Waals surface area contributed by atoms with Gasteiger partial charge in [-0.05, 0) is 31.2 Å². The zero-order valence-electron chi connectivity index (χ0n) is 14.8. The number of para-hydroxylation sites is 2.